The smallest absolute Gasteiger partial charge is 0.225 e. The molecule has 1 saturated heterocycles. The monoisotopic (exact) mass is 374 g/mol. The average molecular weight is 375 g/mol. The quantitative estimate of drug-likeness (QED) is 0.893. The van der Waals surface area contributed by atoms with Gasteiger partial charge in [-0.15, -0.1) is 0 Å². The van der Waals surface area contributed by atoms with Gasteiger partial charge < -0.3 is 10.2 Å². The lowest BCUT2D eigenvalue weighted by Gasteiger charge is -2.33. The number of carbonyl (C=O) groups excluding carboxylic acids is 1. The Hall–Kier alpha value is -2.21. The SMILES string of the molecule is O=C(NC1CCCN(c2ncccn2)C1)[C@@H]1C[C@H]1c1c(F)cccc1Cl. The predicted octanol–water partition coefficient (Wildman–Crippen LogP) is 3.16. The fourth-order valence-electron chi connectivity index (χ4n) is 3.71. The lowest BCUT2D eigenvalue weighted by molar-refractivity contribution is -0.123. The summed E-state index contributed by atoms with van der Waals surface area (Å²) in [5.74, 6) is 0.0144. The zero-order valence-corrected chi connectivity index (χ0v) is 15.0. The lowest BCUT2D eigenvalue weighted by Crippen LogP contribution is -2.48. The highest BCUT2D eigenvalue weighted by molar-refractivity contribution is 6.31. The summed E-state index contributed by atoms with van der Waals surface area (Å²) in [6.45, 7) is 1.57. The molecule has 3 atom stereocenters. The van der Waals surface area contributed by atoms with Crippen molar-refractivity contribution in [3.8, 4) is 0 Å². The van der Waals surface area contributed by atoms with Crippen LogP contribution in [0.15, 0.2) is 36.7 Å². The van der Waals surface area contributed by atoms with Gasteiger partial charge in [0, 0.05) is 53.9 Å². The molecule has 2 fully saturated rings. The number of nitrogens with zero attached hydrogens (tertiary/aromatic N) is 3. The molecular weight excluding hydrogens is 355 g/mol. The lowest BCUT2D eigenvalue weighted by atomic mass is 10.0. The Morgan fingerprint density at radius 3 is 2.85 bits per heavy atom. The Labute approximate surface area is 156 Å². The van der Waals surface area contributed by atoms with Crippen molar-refractivity contribution in [1.82, 2.24) is 15.3 Å². The molecule has 1 unspecified atom stereocenters. The second-order valence-corrected chi connectivity index (χ2v) is 7.33. The van der Waals surface area contributed by atoms with Crippen LogP contribution in [0.1, 0.15) is 30.7 Å². The normalized spacial score (nSPS) is 25.0. The van der Waals surface area contributed by atoms with E-state index < -0.39 is 0 Å². The zero-order chi connectivity index (χ0) is 18.1. The van der Waals surface area contributed by atoms with Crippen LogP contribution in [0.5, 0.6) is 0 Å². The van der Waals surface area contributed by atoms with Crippen molar-refractivity contribution < 1.29 is 9.18 Å². The molecule has 0 radical (unpaired) electrons. The molecule has 7 heteroatoms. The van der Waals surface area contributed by atoms with Crippen LogP contribution in [0.25, 0.3) is 0 Å². The van der Waals surface area contributed by atoms with Gasteiger partial charge >= 0.3 is 0 Å². The van der Waals surface area contributed by atoms with Crippen molar-refractivity contribution >= 4 is 23.5 Å². The van der Waals surface area contributed by atoms with Crippen LogP contribution < -0.4 is 10.2 Å². The van der Waals surface area contributed by atoms with Crippen LogP contribution in [-0.2, 0) is 4.79 Å². The molecule has 0 spiro atoms. The molecule has 1 aromatic heterocycles. The Morgan fingerprint density at radius 1 is 1.27 bits per heavy atom. The fourth-order valence-corrected chi connectivity index (χ4v) is 4.01. The van der Waals surface area contributed by atoms with E-state index in [1.165, 1.54) is 6.07 Å². The van der Waals surface area contributed by atoms with Gasteiger partial charge in [-0.3, -0.25) is 4.79 Å². The first-order valence-corrected chi connectivity index (χ1v) is 9.27. The molecule has 26 heavy (non-hydrogen) atoms. The number of hydrogen-bond acceptors (Lipinski definition) is 4. The van der Waals surface area contributed by atoms with E-state index >= 15 is 0 Å². The van der Waals surface area contributed by atoms with Gasteiger partial charge in [-0.1, -0.05) is 17.7 Å². The molecule has 136 valence electrons. The summed E-state index contributed by atoms with van der Waals surface area (Å²) < 4.78 is 14.0. The highest BCUT2D eigenvalue weighted by Crippen LogP contribution is 2.50. The van der Waals surface area contributed by atoms with E-state index in [1.54, 1.807) is 30.6 Å². The van der Waals surface area contributed by atoms with Crippen LogP contribution in [0.3, 0.4) is 0 Å². The molecule has 1 aliphatic heterocycles. The Kier molecular flexibility index (Phi) is 4.76. The summed E-state index contributed by atoms with van der Waals surface area (Å²) >= 11 is 6.12. The second kappa shape index (κ2) is 7.19. The van der Waals surface area contributed by atoms with Crippen LogP contribution in [0.2, 0.25) is 5.02 Å². The maximum absolute atomic E-state index is 14.0. The Morgan fingerprint density at radius 2 is 2.08 bits per heavy atom. The minimum absolute atomic E-state index is 0.0184. The Bertz CT molecular complexity index is 783. The van der Waals surface area contributed by atoms with Gasteiger partial charge in [0.15, 0.2) is 0 Å². The third-order valence-electron chi connectivity index (χ3n) is 5.10. The third-order valence-corrected chi connectivity index (χ3v) is 5.43. The number of halogens is 2. The second-order valence-electron chi connectivity index (χ2n) is 6.93. The van der Waals surface area contributed by atoms with Crippen LogP contribution in [0, 0.1) is 11.7 Å². The van der Waals surface area contributed by atoms with Crippen LogP contribution >= 0.6 is 11.6 Å². The van der Waals surface area contributed by atoms with Crippen LogP contribution in [0.4, 0.5) is 10.3 Å². The summed E-state index contributed by atoms with van der Waals surface area (Å²) in [6, 6.07) is 6.49. The van der Waals surface area contributed by atoms with E-state index in [2.05, 4.69) is 20.2 Å². The molecule has 2 aliphatic rings. The van der Waals surface area contributed by atoms with Crippen molar-refractivity contribution in [2.75, 3.05) is 18.0 Å². The highest BCUT2D eigenvalue weighted by atomic mass is 35.5. The number of benzene rings is 1. The van der Waals surface area contributed by atoms with E-state index in [0.717, 1.165) is 19.4 Å². The predicted molar refractivity (Wildman–Crippen MR) is 97.7 cm³/mol. The topological polar surface area (TPSA) is 58.1 Å². The standard InChI is InChI=1S/C19H20ClFN4O/c20-15-5-1-6-16(21)17(15)13-10-14(13)18(26)24-12-4-2-9-25(11-12)19-22-7-3-8-23-19/h1,3,5-8,12-14H,2,4,9-11H2,(H,24,26)/t12?,13-,14-/m1/s1. The number of nitrogens with one attached hydrogen (secondary N) is 1. The zero-order valence-electron chi connectivity index (χ0n) is 14.2. The highest BCUT2D eigenvalue weighted by Gasteiger charge is 2.46. The summed E-state index contributed by atoms with van der Waals surface area (Å²) in [5, 5.41) is 3.52. The minimum Gasteiger partial charge on any atom is -0.351 e. The molecule has 2 aromatic rings. The maximum atomic E-state index is 14.0. The number of amides is 1. The van der Waals surface area contributed by atoms with Gasteiger partial charge in [0.05, 0.1) is 0 Å². The van der Waals surface area contributed by atoms with Gasteiger partial charge in [-0.2, -0.15) is 0 Å². The molecule has 0 bridgehead atoms. The summed E-state index contributed by atoms with van der Waals surface area (Å²) in [7, 11) is 0. The number of piperidine rings is 1. The molecule has 1 aliphatic carbocycles. The third kappa shape index (κ3) is 3.51. The van der Waals surface area contributed by atoms with Gasteiger partial charge in [0.1, 0.15) is 5.82 Å². The number of aromatic nitrogens is 2. The summed E-state index contributed by atoms with van der Waals surface area (Å²) in [4.78, 5) is 23.2. The molecule has 2 heterocycles. The van der Waals surface area contributed by atoms with E-state index in [0.29, 0.717) is 29.5 Å². The molecule has 1 N–H and O–H groups in total. The molecule has 5 nitrogen and oxygen atoms in total. The summed E-state index contributed by atoms with van der Waals surface area (Å²) in [5.41, 5.74) is 0.470. The van der Waals surface area contributed by atoms with E-state index in [1.807, 2.05) is 0 Å². The van der Waals surface area contributed by atoms with Crippen molar-refractivity contribution in [2.24, 2.45) is 5.92 Å². The minimum atomic E-state index is -0.331. The van der Waals surface area contributed by atoms with Crippen LogP contribution in [-0.4, -0.2) is 35.0 Å². The molecule has 1 saturated carbocycles. The number of hydrogen-bond donors (Lipinski definition) is 1. The largest absolute Gasteiger partial charge is 0.351 e. The van der Waals surface area contributed by atoms with E-state index in [9.17, 15) is 9.18 Å². The van der Waals surface area contributed by atoms with Crippen molar-refractivity contribution in [3.63, 3.8) is 0 Å². The van der Waals surface area contributed by atoms with Crippen molar-refractivity contribution in [2.45, 2.75) is 31.2 Å². The van der Waals surface area contributed by atoms with E-state index in [-0.39, 0.29) is 29.6 Å². The van der Waals surface area contributed by atoms with Gasteiger partial charge in [0.25, 0.3) is 0 Å². The Balaban J connectivity index is 1.37. The molecule has 1 aromatic carbocycles. The van der Waals surface area contributed by atoms with Crippen molar-refractivity contribution in [1.29, 1.82) is 0 Å². The fraction of sp³-hybridized carbons (Fsp3) is 0.421. The first-order chi connectivity index (χ1) is 12.6. The first-order valence-electron chi connectivity index (χ1n) is 8.89. The number of rotatable bonds is 4. The first kappa shape index (κ1) is 17.2. The van der Waals surface area contributed by atoms with Crippen molar-refractivity contribution in [3.05, 3.63) is 53.1 Å². The molecule has 1 amide bonds. The average Bonchev–Trinajstić information content (AvgIpc) is 3.43. The van der Waals surface area contributed by atoms with Gasteiger partial charge in [-0.25, -0.2) is 14.4 Å². The van der Waals surface area contributed by atoms with Gasteiger partial charge in [-0.05, 0) is 37.5 Å². The maximum Gasteiger partial charge on any atom is 0.225 e. The number of anilines is 1. The van der Waals surface area contributed by atoms with E-state index in [4.69, 9.17) is 11.6 Å². The molecule has 4 rings (SSSR count). The van der Waals surface area contributed by atoms with Gasteiger partial charge in [0.2, 0.25) is 11.9 Å². The summed E-state index contributed by atoms with van der Waals surface area (Å²) in [6.07, 6.45) is 5.98. The number of carbonyl (C=O) groups is 1. The molecular formula is C19H20ClFN4O.